The number of benzene rings is 1. The number of aryl methyl sites for hydroxylation is 2. The number of amides is 1. The third kappa shape index (κ3) is 3.57. The first-order valence-corrected chi connectivity index (χ1v) is 7.27. The van der Waals surface area contributed by atoms with Gasteiger partial charge in [0.2, 0.25) is 0 Å². The van der Waals surface area contributed by atoms with E-state index in [0.29, 0.717) is 11.6 Å². The van der Waals surface area contributed by atoms with Crippen molar-refractivity contribution in [2.45, 2.75) is 20.3 Å². The molecule has 1 N–H and O–H groups in total. The minimum Gasteiger partial charge on any atom is -0.497 e. The average molecular weight is 290 g/mol. The minimum absolute atomic E-state index is 0.103. The summed E-state index contributed by atoms with van der Waals surface area (Å²) in [6.45, 7) is 4.47. The van der Waals surface area contributed by atoms with Crippen molar-refractivity contribution in [3.05, 3.63) is 45.4 Å². The van der Waals surface area contributed by atoms with Crippen molar-refractivity contribution in [1.29, 1.82) is 0 Å². The highest BCUT2D eigenvalue weighted by molar-refractivity contribution is 7.13. The molecule has 0 saturated carbocycles. The van der Waals surface area contributed by atoms with Gasteiger partial charge in [-0.15, -0.1) is 11.3 Å². The molecule has 1 aromatic heterocycles. The second-order valence-electron chi connectivity index (χ2n) is 4.52. The van der Waals surface area contributed by atoms with Crippen molar-refractivity contribution >= 4 is 17.2 Å². The number of hydrogen-bond acceptors (Lipinski definition) is 4. The van der Waals surface area contributed by atoms with E-state index in [-0.39, 0.29) is 5.91 Å². The molecule has 0 saturated heterocycles. The van der Waals surface area contributed by atoms with Crippen molar-refractivity contribution in [3.63, 3.8) is 0 Å². The van der Waals surface area contributed by atoms with Crippen LogP contribution >= 0.6 is 11.3 Å². The normalized spacial score (nSPS) is 10.3. The van der Waals surface area contributed by atoms with E-state index in [2.05, 4.69) is 10.3 Å². The number of thiazole rings is 1. The van der Waals surface area contributed by atoms with Crippen molar-refractivity contribution in [3.8, 4) is 5.75 Å². The topological polar surface area (TPSA) is 51.2 Å². The lowest BCUT2D eigenvalue weighted by Gasteiger charge is -2.05. The van der Waals surface area contributed by atoms with Gasteiger partial charge in [0.05, 0.1) is 12.8 Å². The SMILES string of the molecule is COc1cccc(CCNC(=O)c2nc(C)c(C)s2)c1. The number of ether oxygens (including phenoxy) is 1. The Balaban J connectivity index is 1.87. The van der Waals surface area contributed by atoms with E-state index >= 15 is 0 Å². The van der Waals surface area contributed by atoms with Crippen LogP contribution in [0, 0.1) is 13.8 Å². The van der Waals surface area contributed by atoms with Crippen LogP contribution in [0.15, 0.2) is 24.3 Å². The first-order chi connectivity index (χ1) is 9.60. The number of carbonyl (C=O) groups excluding carboxylic acids is 1. The predicted octanol–water partition coefficient (Wildman–Crippen LogP) is 2.74. The Kier molecular flexibility index (Phi) is 4.74. The lowest BCUT2D eigenvalue weighted by molar-refractivity contribution is 0.0953. The van der Waals surface area contributed by atoms with Crippen LogP contribution in [0.1, 0.15) is 25.9 Å². The van der Waals surface area contributed by atoms with E-state index in [1.54, 1.807) is 7.11 Å². The largest absolute Gasteiger partial charge is 0.497 e. The van der Waals surface area contributed by atoms with Crippen LogP contribution in [0.2, 0.25) is 0 Å². The number of rotatable bonds is 5. The minimum atomic E-state index is -0.103. The van der Waals surface area contributed by atoms with Gasteiger partial charge in [-0.1, -0.05) is 12.1 Å². The van der Waals surface area contributed by atoms with Crippen LogP contribution in [0.4, 0.5) is 0 Å². The van der Waals surface area contributed by atoms with Crippen LogP contribution in [0.3, 0.4) is 0 Å². The number of carbonyl (C=O) groups is 1. The predicted molar refractivity (Wildman–Crippen MR) is 80.6 cm³/mol. The molecule has 0 fully saturated rings. The van der Waals surface area contributed by atoms with Gasteiger partial charge in [0.1, 0.15) is 5.75 Å². The number of methoxy groups -OCH3 is 1. The molecule has 4 nitrogen and oxygen atoms in total. The third-order valence-corrected chi connectivity index (χ3v) is 4.13. The van der Waals surface area contributed by atoms with Crippen molar-refractivity contribution in [2.75, 3.05) is 13.7 Å². The highest BCUT2D eigenvalue weighted by atomic mass is 32.1. The van der Waals surface area contributed by atoms with Gasteiger partial charge in [0, 0.05) is 11.4 Å². The van der Waals surface area contributed by atoms with Crippen molar-refractivity contribution in [2.24, 2.45) is 0 Å². The monoisotopic (exact) mass is 290 g/mol. The molecule has 1 amide bonds. The maximum absolute atomic E-state index is 11.9. The Morgan fingerprint density at radius 3 is 2.85 bits per heavy atom. The lowest BCUT2D eigenvalue weighted by atomic mass is 10.1. The van der Waals surface area contributed by atoms with Gasteiger partial charge in [0.25, 0.3) is 5.91 Å². The first kappa shape index (κ1) is 14.5. The third-order valence-electron chi connectivity index (χ3n) is 3.06. The Morgan fingerprint density at radius 1 is 1.40 bits per heavy atom. The van der Waals surface area contributed by atoms with Gasteiger partial charge in [-0.25, -0.2) is 4.98 Å². The summed E-state index contributed by atoms with van der Waals surface area (Å²) in [4.78, 5) is 17.3. The van der Waals surface area contributed by atoms with Gasteiger partial charge < -0.3 is 10.1 Å². The van der Waals surface area contributed by atoms with Crippen molar-refractivity contribution < 1.29 is 9.53 Å². The summed E-state index contributed by atoms with van der Waals surface area (Å²) in [6.07, 6.45) is 0.770. The molecule has 0 atom stereocenters. The summed E-state index contributed by atoms with van der Waals surface area (Å²) in [7, 11) is 1.65. The molecular weight excluding hydrogens is 272 g/mol. The van der Waals surface area contributed by atoms with E-state index in [1.807, 2.05) is 38.1 Å². The van der Waals surface area contributed by atoms with E-state index in [1.165, 1.54) is 11.3 Å². The van der Waals surface area contributed by atoms with Crippen LogP contribution in [-0.2, 0) is 6.42 Å². The van der Waals surface area contributed by atoms with Crippen LogP contribution in [-0.4, -0.2) is 24.5 Å². The Bertz CT molecular complexity index is 588. The Labute approximate surface area is 122 Å². The van der Waals surface area contributed by atoms with Crippen LogP contribution in [0.5, 0.6) is 5.75 Å². The molecular formula is C15H18N2O2S. The zero-order valence-corrected chi connectivity index (χ0v) is 12.7. The number of aromatic nitrogens is 1. The molecule has 0 radical (unpaired) electrons. The molecule has 0 bridgehead atoms. The molecule has 0 aliphatic carbocycles. The first-order valence-electron chi connectivity index (χ1n) is 6.45. The second-order valence-corrected chi connectivity index (χ2v) is 5.72. The molecule has 0 spiro atoms. The molecule has 0 aliphatic rings. The van der Waals surface area contributed by atoms with Crippen LogP contribution in [0.25, 0.3) is 0 Å². The zero-order chi connectivity index (χ0) is 14.5. The molecule has 106 valence electrons. The maximum Gasteiger partial charge on any atom is 0.280 e. The quantitative estimate of drug-likeness (QED) is 0.921. The molecule has 20 heavy (non-hydrogen) atoms. The average Bonchev–Trinajstić information content (AvgIpc) is 2.79. The number of nitrogens with one attached hydrogen (secondary N) is 1. The summed E-state index contributed by atoms with van der Waals surface area (Å²) in [5, 5.41) is 3.43. The molecule has 0 unspecified atom stereocenters. The standard InChI is InChI=1S/C15H18N2O2S/c1-10-11(2)20-15(17-10)14(18)16-8-7-12-5-4-6-13(9-12)19-3/h4-6,9H,7-8H2,1-3H3,(H,16,18). The lowest BCUT2D eigenvalue weighted by Crippen LogP contribution is -2.25. The van der Waals surface area contributed by atoms with E-state index in [4.69, 9.17) is 4.74 Å². The molecule has 2 rings (SSSR count). The Hall–Kier alpha value is -1.88. The van der Waals surface area contributed by atoms with Crippen molar-refractivity contribution in [1.82, 2.24) is 10.3 Å². The summed E-state index contributed by atoms with van der Waals surface area (Å²) in [5.74, 6) is 0.731. The summed E-state index contributed by atoms with van der Waals surface area (Å²) in [6, 6.07) is 7.85. The van der Waals surface area contributed by atoms with Gasteiger partial charge in [-0.2, -0.15) is 0 Å². The second kappa shape index (κ2) is 6.52. The summed E-state index contributed by atoms with van der Waals surface area (Å²) in [5.41, 5.74) is 2.06. The fourth-order valence-corrected chi connectivity index (χ4v) is 2.62. The number of nitrogens with zero attached hydrogens (tertiary/aromatic N) is 1. The smallest absolute Gasteiger partial charge is 0.280 e. The van der Waals surface area contributed by atoms with Crippen LogP contribution < -0.4 is 10.1 Å². The van der Waals surface area contributed by atoms with E-state index in [0.717, 1.165) is 28.3 Å². The highest BCUT2D eigenvalue weighted by Gasteiger charge is 2.11. The van der Waals surface area contributed by atoms with E-state index < -0.39 is 0 Å². The fourth-order valence-electron chi connectivity index (χ4n) is 1.79. The Morgan fingerprint density at radius 2 is 2.20 bits per heavy atom. The molecule has 0 aliphatic heterocycles. The van der Waals surface area contributed by atoms with Gasteiger partial charge in [-0.05, 0) is 38.0 Å². The summed E-state index contributed by atoms with van der Waals surface area (Å²) < 4.78 is 5.17. The summed E-state index contributed by atoms with van der Waals surface area (Å²) >= 11 is 1.43. The van der Waals surface area contributed by atoms with Gasteiger partial charge in [-0.3, -0.25) is 4.79 Å². The molecule has 1 aromatic carbocycles. The maximum atomic E-state index is 11.9. The van der Waals surface area contributed by atoms with Gasteiger partial charge >= 0.3 is 0 Å². The zero-order valence-electron chi connectivity index (χ0n) is 11.9. The fraction of sp³-hybridized carbons (Fsp3) is 0.333. The highest BCUT2D eigenvalue weighted by Crippen LogP contribution is 2.16. The molecule has 5 heteroatoms. The molecule has 1 heterocycles. The van der Waals surface area contributed by atoms with E-state index in [9.17, 15) is 4.79 Å². The molecule has 2 aromatic rings. The number of hydrogen-bond donors (Lipinski definition) is 1. The van der Waals surface area contributed by atoms with Gasteiger partial charge in [0.15, 0.2) is 5.01 Å².